The summed E-state index contributed by atoms with van der Waals surface area (Å²) in [6.45, 7) is 15.3. The van der Waals surface area contributed by atoms with Gasteiger partial charge in [-0.3, -0.25) is 0 Å². The molecule has 1 N–H and O–H groups in total. The van der Waals surface area contributed by atoms with Gasteiger partial charge in [0, 0.05) is 12.3 Å². The van der Waals surface area contributed by atoms with Gasteiger partial charge in [0.15, 0.2) is 0 Å². The van der Waals surface area contributed by atoms with Crippen LogP contribution in [-0.4, -0.2) is 6.54 Å². The van der Waals surface area contributed by atoms with Gasteiger partial charge in [0.25, 0.3) is 0 Å². The molecular weight excluding hydrogens is 226 g/mol. The maximum absolute atomic E-state index is 3.49. The summed E-state index contributed by atoms with van der Waals surface area (Å²) in [4.78, 5) is 1.59. The zero-order valence-corrected chi connectivity index (χ0v) is 13.6. The van der Waals surface area contributed by atoms with Crippen LogP contribution in [0.3, 0.4) is 0 Å². The van der Waals surface area contributed by atoms with Crippen LogP contribution in [0.1, 0.15) is 72.8 Å². The van der Waals surface area contributed by atoms with E-state index in [0.29, 0.717) is 6.04 Å². The van der Waals surface area contributed by atoms with Crippen molar-refractivity contribution >= 4 is 11.3 Å². The molecule has 0 amide bonds. The van der Waals surface area contributed by atoms with Crippen molar-refractivity contribution < 1.29 is 1.43 Å². The van der Waals surface area contributed by atoms with Crippen molar-refractivity contribution in [1.29, 1.82) is 0 Å². The van der Waals surface area contributed by atoms with E-state index < -0.39 is 0 Å². The summed E-state index contributed by atoms with van der Waals surface area (Å²) in [5.41, 5.74) is 1.55. The Kier molecular flexibility index (Phi) is 15.3. The minimum absolute atomic E-state index is 0. The van der Waals surface area contributed by atoms with Gasteiger partial charge in [-0.15, -0.1) is 11.3 Å². The zero-order chi connectivity index (χ0) is 13.7. The summed E-state index contributed by atoms with van der Waals surface area (Å²) in [5, 5.41) is 5.70. The summed E-state index contributed by atoms with van der Waals surface area (Å²) >= 11 is 1.90. The molecule has 1 aliphatic rings. The third kappa shape index (κ3) is 6.23. The number of fused-ring (bicyclic) bond motifs is 1. The lowest BCUT2D eigenvalue weighted by Gasteiger charge is -2.09. The van der Waals surface area contributed by atoms with Gasteiger partial charge in [-0.1, -0.05) is 48.5 Å². The first-order chi connectivity index (χ1) is 8.42. The number of hydrogen-bond acceptors (Lipinski definition) is 2. The Morgan fingerprint density at radius 2 is 1.82 bits per heavy atom. The smallest absolute Gasteiger partial charge is 0.0334 e. The largest absolute Gasteiger partial charge is 0.310 e. The molecule has 0 aliphatic heterocycles. The van der Waals surface area contributed by atoms with E-state index in [1.807, 2.05) is 52.9 Å². The molecule has 0 radical (unpaired) electrons. The number of rotatable bonds is 2. The Balaban J connectivity index is -0.000000285. The Hall–Kier alpha value is -0.340. The summed E-state index contributed by atoms with van der Waals surface area (Å²) in [7, 11) is 0. The summed E-state index contributed by atoms with van der Waals surface area (Å²) in [5.74, 6) is 0. The van der Waals surface area contributed by atoms with Crippen LogP contribution in [0.15, 0.2) is 11.4 Å². The van der Waals surface area contributed by atoms with Crippen molar-refractivity contribution in [3.63, 3.8) is 0 Å². The zero-order valence-electron chi connectivity index (χ0n) is 12.8. The average molecular weight is 260 g/mol. The molecule has 1 unspecified atom stereocenters. The van der Waals surface area contributed by atoms with E-state index in [1.54, 1.807) is 10.4 Å². The quantitative estimate of drug-likeness (QED) is 0.721. The number of aryl methyl sites for hydroxylation is 1. The molecule has 1 heterocycles. The van der Waals surface area contributed by atoms with Crippen molar-refractivity contribution in [2.24, 2.45) is 0 Å². The van der Waals surface area contributed by atoms with Gasteiger partial charge < -0.3 is 5.32 Å². The monoisotopic (exact) mass is 259 g/mol. The highest BCUT2D eigenvalue weighted by atomic mass is 32.1. The lowest BCUT2D eigenvalue weighted by molar-refractivity contribution is 0.549. The molecule has 0 spiro atoms. The topological polar surface area (TPSA) is 12.0 Å². The normalized spacial score (nSPS) is 15.4. The average Bonchev–Trinajstić information content (AvgIpc) is 3.02. The second kappa shape index (κ2) is 13.7. The molecule has 1 aromatic rings. The predicted molar refractivity (Wildman–Crippen MR) is 85.2 cm³/mol. The fourth-order valence-corrected chi connectivity index (χ4v) is 2.71. The molecule has 104 valence electrons. The first kappa shape index (κ1) is 19.0. The van der Waals surface area contributed by atoms with E-state index in [4.69, 9.17) is 0 Å². The van der Waals surface area contributed by atoms with Crippen LogP contribution in [0.5, 0.6) is 0 Å². The molecular formula is C15H33NS. The summed E-state index contributed by atoms with van der Waals surface area (Å²) in [6.07, 6.45) is 2.58. The lowest BCUT2D eigenvalue weighted by atomic mass is 10.2. The Bertz CT molecular complexity index is 248. The van der Waals surface area contributed by atoms with E-state index >= 15 is 0 Å². The highest BCUT2D eigenvalue weighted by Gasteiger charge is 2.21. The van der Waals surface area contributed by atoms with Gasteiger partial charge in [-0.05, 0) is 36.4 Å². The third-order valence-corrected chi connectivity index (χ3v) is 3.26. The molecule has 2 heteroatoms. The summed E-state index contributed by atoms with van der Waals surface area (Å²) < 4.78 is 0. The van der Waals surface area contributed by atoms with Crippen LogP contribution in [0, 0.1) is 0 Å². The lowest BCUT2D eigenvalue weighted by Crippen LogP contribution is -2.17. The molecule has 0 fully saturated rings. The van der Waals surface area contributed by atoms with E-state index in [2.05, 4.69) is 23.7 Å². The van der Waals surface area contributed by atoms with Crippen LogP contribution in [0.2, 0.25) is 0 Å². The molecule has 1 aromatic heterocycles. The van der Waals surface area contributed by atoms with Crippen LogP contribution in [-0.2, 0) is 6.42 Å². The van der Waals surface area contributed by atoms with Gasteiger partial charge in [0.2, 0.25) is 0 Å². The van der Waals surface area contributed by atoms with Gasteiger partial charge in [-0.2, -0.15) is 0 Å². The van der Waals surface area contributed by atoms with Crippen molar-refractivity contribution in [3.8, 4) is 0 Å². The van der Waals surface area contributed by atoms with Gasteiger partial charge in [0.05, 0.1) is 0 Å². The second-order valence-corrected chi connectivity index (χ2v) is 3.95. The summed E-state index contributed by atoms with van der Waals surface area (Å²) in [6, 6.07) is 2.92. The number of nitrogens with one attached hydrogen (secondary N) is 1. The first-order valence-electron chi connectivity index (χ1n) is 7.21. The van der Waals surface area contributed by atoms with Crippen LogP contribution >= 0.6 is 11.3 Å². The molecule has 0 saturated heterocycles. The van der Waals surface area contributed by atoms with Crippen LogP contribution < -0.4 is 5.32 Å². The SMILES string of the molecule is CC.CC.CC.CCNC1CCc2sccc21.[HH]. The fourth-order valence-electron chi connectivity index (χ4n) is 1.75. The Morgan fingerprint density at radius 1 is 1.24 bits per heavy atom. The minimum Gasteiger partial charge on any atom is -0.310 e. The van der Waals surface area contributed by atoms with Crippen molar-refractivity contribution in [2.75, 3.05) is 6.54 Å². The van der Waals surface area contributed by atoms with Crippen LogP contribution in [0.4, 0.5) is 0 Å². The highest BCUT2D eigenvalue weighted by Crippen LogP contribution is 2.34. The maximum Gasteiger partial charge on any atom is 0.0334 e. The second-order valence-electron chi connectivity index (χ2n) is 2.95. The molecule has 0 aromatic carbocycles. The van der Waals surface area contributed by atoms with Gasteiger partial charge in [0.1, 0.15) is 0 Å². The van der Waals surface area contributed by atoms with E-state index in [1.165, 1.54) is 12.8 Å². The Morgan fingerprint density at radius 3 is 2.35 bits per heavy atom. The van der Waals surface area contributed by atoms with Crippen molar-refractivity contribution in [3.05, 3.63) is 21.9 Å². The minimum atomic E-state index is 0. The number of thiophene rings is 1. The van der Waals surface area contributed by atoms with E-state index in [9.17, 15) is 0 Å². The highest BCUT2D eigenvalue weighted by molar-refractivity contribution is 7.10. The molecule has 17 heavy (non-hydrogen) atoms. The molecule has 1 nitrogen and oxygen atoms in total. The van der Waals surface area contributed by atoms with E-state index in [0.717, 1.165) is 6.54 Å². The van der Waals surface area contributed by atoms with E-state index in [-0.39, 0.29) is 1.43 Å². The first-order valence-corrected chi connectivity index (χ1v) is 8.09. The van der Waals surface area contributed by atoms with Crippen molar-refractivity contribution in [1.82, 2.24) is 5.32 Å². The Labute approximate surface area is 114 Å². The molecule has 0 bridgehead atoms. The predicted octanol–water partition coefficient (Wildman–Crippen LogP) is 5.67. The van der Waals surface area contributed by atoms with Crippen LogP contribution in [0.25, 0.3) is 0 Å². The molecule has 1 atom stereocenters. The molecule has 2 rings (SSSR count). The van der Waals surface area contributed by atoms with Gasteiger partial charge in [-0.25, -0.2) is 0 Å². The third-order valence-electron chi connectivity index (χ3n) is 2.27. The van der Waals surface area contributed by atoms with Crippen molar-refractivity contribution in [2.45, 2.75) is 67.3 Å². The maximum atomic E-state index is 3.49. The number of hydrogen-bond donors (Lipinski definition) is 1. The molecule has 1 aliphatic carbocycles. The fraction of sp³-hybridized carbons (Fsp3) is 0.733. The van der Waals surface area contributed by atoms with Gasteiger partial charge >= 0.3 is 0 Å². The molecule has 0 saturated carbocycles. The standard InChI is InChI=1S/C9H13NS.3C2H6.H2/c1-2-10-8-3-4-9-7(8)5-6-11-9;3*1-2;/h5-6,8,10H,2-4H2,1H3;3*1-2H3;1H.